The average molecular weight is 310 g/mol. The van der Waals surface area contributed by atoms with Crippen molar-refractivity contribution in [2.75, 3.05) is 38.2 Å². The molecule has 0 aliphatic rings. The molecule has 0 aromatic carbocycles. The minimum atomic E-state index is 0.567. The van der Waals surface area contributed by atoms with Crippen molar-refractivity contribution in [1.29, 1.82) is 0 Å². The number of anilines is 2. The van der Waals surface area contributed by atoms with E-state index in [0.29, 0.717) is 5.82 Å². The van der Waals surface area contributed by atoms with E-state index in [2.05, 4.69) is 51.4 Å². The number of pyridine rings is 2. The first-order valence-electron chi connectivity index (χ1n) is 7.64. The first-order valence-corrected chi connectivity index (χ1v) is 7.64. The Balaban J connectivity index is 2.00. The molecule has 0 bridgehead atoms. The summed E-state index contributed by atoms with van der Waals surface area (Å²) in [6, 6.07) is 6.17. The minimum Gasteiger partial charge on any atom is -0.383 e. The normalized spacial score (nSPS) is 11.3. The van der Waals surface area contributed by atoms with Gasteiger partial charge in [-0.25, -0.2) is 9.97 Å². The molecular weight excluding hydrogens is 288 g/mol. The summed E-state index contributed by atoms with van der Waals surface area (Å²) in [6.07, 6.45) is 3.72. The van der Waals surface area contributed by atoms with Crippen LogP contribution in [0, 0.1) is 6.92 Å². The van der Waals surface area contributed by atoms with Gasteiger partial charge < -0.3 is 20.9 Å². The van der Waals surface area contributed by atoms with Gasteiger partial charge in [0.25, 0.3) is 0 Å². The summed E-state index contributed by atoms with van der Waals surface area (Å²) in [5, 5.41) is 4.45. The maximum absolute atomic E-state index is 5.84. The number of nitrogens with two attached hydrogens (primary N) is 1. The Bertz CT molecular complexity index is 821. The van der Waals surface area contributed by atoms with Crippen LogP contribution in [0.3, 0.4) is 0 Å². The number of hydrogen-bond acceptors (Lipinski definition) is 5. The second-order valence-corrected chi connectivity index (χ2v) is 5.95. The fourth-order valence-corrected chi connectivity index (χ4v) is 2.51. The van der Waals surface area contributed by atoms with Gasteiger partial charge in [0.1, 0.15) is 17.3 Å². The number of aryl methyl sites for hydroxylation is 1. The highest BCUT2D eigenvalue weighted by Gasteiger charge is 2.10. The van der Waals surface area contributed by atoms with Crippen molar-refractivity contribution in [2.24, 2.45) is 0 Å². The van der Waals surface area contributed by atoms with Gasteiger partial charge in [0.2, 0.25) is 0 Å². The lowest BCUT2D eigenvalue weighted by molar-refractivity contribution is 0.425. The van der Waals surface area contributed by atoms with Gasteiger partial charge >= 0.3 is 0 Å². The number of rotatable bonds is 5. The van der Waals surface area contributed by atoms with Crippen molar-refractivity contribution < 1.29 is 0 Å². The van der Waals surface area contributed by atoms with E-state index in [1.807, 2.05) is 25.4 Å². The van der Waals surface area contributed by atoms with Crippen molar-refractivity contribution in [1.82, 2.24) is 19.9 Å². The monoisotopic (exact) mass is 310 g/mol. The molecule has 0 aliphatic carbocycles. The van der Waals surface area contributed by atoms with Gasteiger partial charge in [-0.05, 0) is 50.3 Å². The number of hydrogen-bond donors (Lipinski definition) is 3. The highest BCUT2D eigenvalue weighted by Crippen LogP contribution is 2.30. The minimum absolute atomic E-state index is 0.567. The van der Waals surface area contributed by atoms with Gasteiger partial charge in [0.15, 0.2) is 0 Å². The molecule has 3 aromatic heterocycles. The zero-order valence-electron chi connectivity index (χ0n) is 13.7. The molecule has 0 atom stereocenters. The van der Waals surface area contributed by atoms with Gasteiger partial charge in [-0.15, -0.1) is 0 Å². The van der Waals surface area contributed by atoms with E-state index in [-0.39, 0.29) is 0 Å². The fourth-order valence-electron chi connectivity index (χ4n) is 2.51. The van der Waals surface area contributed by atoms with Gasteiger partial charge in [-0.3, -0.25) is 0 Å². The predicted octanol–water partition coefficient (Wildman–Crippen LogP) is 2.49. The molecule has 4 N–H and O–H groups in total. The van der Waals surface area contributed by atoms with Gasteiger partial charge in [0.05, 0.1) is 0 Å². The van der Waals surface area contributed by atoms with E-state index in [1.54, 1.807) is 0 Å². The molecule has 23 heavy (non-hydrogen) atoms. The zero-order chi connectivity index (χ0) is 16.4. The maximum atomic E-state index is 5.84. The van der Waals surface area contributed by atoms with Crippen LogP contribution < -0.4 is 11.1 Å². The molecule has 0 saturated carbocycles. The highest BCUT2D eigenvalue weighted by molar-refractivity contribution is 5.94. The third-order valence-corrected chi connectivity index (χ3v) is 3.82. The molecule has 3 heterocycles. The second-order valence-electron chi connectivity index (χ2n) is 5.95. The average Bonchev–Trinajstić information content (AvgIpc) is 2.97. The Kier molecular flexibility index (Phi) is 4.16. The molecule has 6 nitrogen and oxygen atoms in total. The third-order valence-electron chi connectivity index (χ3n) is 3.82. The SMILES string of the molecule is Cc1cc(-c2cc(NCCN(C)C)nc3[nH]ccc23)cnc1N. The number of fused-ring (bicyclic) bond motifs is 1. The molecule has 6 heteroatoms. The van der Waals surface area contributed by atoms with Crippen molar-refractivity contribution in [3.63, 3.8) is 0 Å². The summed E-state index contributed by atoms with van der Waals surface area (Å²) in [6.45, 7) is 3.75. The molecule has 0 saturated heterocycles. The van der Waals surface area contributed by atoms with Gasteiger partial charge in [-0.1, -0.05) is 0 Å². The van der Waals surface area contributed by atoms with Crippen molar-refractivity contribution in [3.8, 4) is 11.1 Å². The topological polar surface area (TPSA) is 82.9 Å². The van der Waals surface area contributed by atoms with Crippen LogP contribution in [0.25, 0.3) is 22.2 Å². The Morgan fingerprint density at radius 1 is 1.30 bits per heavy atom. The van der Waals surface area contributed by atoms with Crippen LogP contribution in [0.1, 0.15) is 5.56 Å². The van der Waals surface area contributed by atoms with E-state index < -0.39 is 0 Å². The first kappa shape index (κ1) is 15.3. The molecule has 0 radical (unpaired) electrons. The van der Waals surface area contributed by atoms with E-state index >= 15 is 0 Å². The van der Waals surface area contributed by atoms with Crippen molar-refractivity contribution in [2.45, 2.75) is 6.92 Å². The van der Waals surface area contributed by atoms with Crippen LogP contribution in [0.2, 0.25) is 0 Å². The first-order chi connectivity index (χ1) is 11.0. The molecule has 3 aromatic rings. The largest absolute Gasteiger partial charge is 0.383 e. The lowest BCUT2D eigenvalue weighted by atomic mass is 10.0. The lowest BCUT2D eigenvalue weighted by Crippen LogP contribution is -2.21. The number of aromatic nitrogens is 3. The Morgan fingerprint density at radius 2 is 2.13 bits per heavy atom. The second kappa shape index (κ2) is 6.26. The van der Waals surface area contributed by atoms with Crippen LogP contribution in [0.4, 0.5) is 11.6 Å². The van der Waals surface area contributed by atoms with E-state index in [1.165, 1.54) is 0 Å². The molecular formula is C17H22N6. The predicted molar refractivity (Wildman–Crippen MR) is 95.5 cm³/mol. The van der Waals surface area contributed by atoms with E-state index in [4.69, 9.17) is 5.73 Å². The van der Waals surface area contributed by atoms with Crippen LogP contribution in [0.5, 0.6) is 0 Å². The van der Waals surface area contributed by atoms with Crippen LogP contribution in [0.15, 0.2) is 30.6 Å². The summed E-state index contributed by atoms with van der Waals surface area (Å²) in [4.78, 5) is 14.2. The lowest BCUT2D eigenvalue weighted by Gasteiger charge is -2.12. The van der Waals surface area contributed by atoms with Gasteiger partial charge in [-0.2, -0.15) is 0 Å². The zero-order valence-corrected chi connectivity index (χ0v) is 13.7. The van der Waals surface area contributed by atoms with Crippen LogP contribution in [-0.4, -0.2) is 47.0 Å². The third kappa shape index (κ3) is 3.27. The Morgan fingerprint density at radius 3 is 2.87 bits per heavy atom. The van der Waals surface area contributed by atoms with Crippen LogP contribution in [-0.2, 0) is 0 Å². The van der Waals surface area contributed by atoms with Crippen molar-refractivity contribution in [3.05, 3.63) is 36.2 Å². The molecule has 0 fully saturated rings. The number of nitrogens with one attached hydrogen (secondary N) is 2. The summed E-state index contributed by atoms with van der Waals surface area (Å²) in [5.74, 6) is 1.42. The molecule has 120 valence electrons. The summed E-state index contributed by atoms with van der Waals surface area (Å²) >= 11 is 0. The number of aromatic amines is 1. The molecule has 0 spiro atoms. The molecule has 0 unspecified atom stereocenters. The molecule has 3 rings (SSSR count). The summed E-state index contributed by atoms with van der Waals surface area (Å²) in [7, 11) is 4.11. The maximum Gasteiger partial charge on any atom is 0.140 e. The van der Waals surface area contributed by atoms with E-state index in [9.17, 15) is 0 Å². The van der Waals surface area contributed by atoms with Crippen LogP contribution >= 0.6 is 0 Å². The smallest absolute Gasteiger partial charge is 0.140 e. The summed E-state index contributed by atoms with van der Waals surface area (Å²) < 4.78 is 0. The fraction of sp³-hybridized carbons (Fsp3) is 0.294. The van der Waals surface area contributed by atoms with Gasteiger partial charge in [0, 0.05) is 36.4 Å². The molecule has 0 aliphatic heterocycles. The molecule has 0 amide bonds. The Hall–Kier alpha value is -2.60. The number of nitrogen functional groups attached to an aromatic ring is 1. The number of H-pyrrole nitrogens is 1. The number of nitrogens with zero attached hydrogens (tertiary/aromatic N) is 3. The number of likely N-dealkylation sites (N-methyl/N-ethyl adjacent to an activating group) is 1. The highest BCUT2D eigenvalue weighted by atomic mass is 15.1. The Labute approximate surface area is 135 Å². The quantitative estimate of drug-likeness (QED) is 0.674. The summed E-state index contributed by atoms with van der Waals surface area (Å²) in [5.41, 5.74) is 9.82. The van der Waals surface area contributed by atoms with E-state index in [0.717, 1.165) is 46.6 Å². The standard InChI is InChI=1S/C17H22N6/c1-11-8-12(10-21-16(11)18)14-9-15(19-6-7-23(2)3)22-17-13(14)4-5-20-17/h4-5,8-10H,6-7H2,1-3H3,(H2,18,21)(H2,19,20,22). The van der Waals surface area contributed by atoms with Crippen molar-refractivity contribution >= 4 is 22.7 Å².